The molecule has 1 rings (SSSR count). The van der Waals surface area contributed by atoms with Crippen LogP contribution in [0.4, 0.5) is 10.5 Å². The molecule has 7 heteroatoms. The average molecular weight is 251 g/mol. The van der Waals surface area contributed by atoms with Crippen LogP contribution in [0, 0.1) is 0 Å². The maximum atomic E-state index is 11.0. The van der Waals surface area contributed by atoms with Crippen LogP contribution in [0.3, 0.4) is 0 Å². The fourth-order valence-corrected chi connectivity index (χ4v) is 1.16. The van der Waals surface area contributed by atoms with E-state index < -0.39 is 12.4 Å². The van der Waals surface area contributed by atoms with E-state index in [0.29, 0.717) is 15.7 Å². The quantitative estimate of drug-likeness (QED) is 0.599. The second-order valence-electron chi connectivity index (χ2n) is 2.60. The normalized spacial score (nSPS) is 10.2. The lowest BCUT2D eigenvalue weighted by atomic mass is 10.3. The number of aliphatic hydroxyl groups excluding tert-OH is 1. The van der Waals surface area contributed by atoms with Crippen LogP contribution in [0.2, 0.25) is 10.0 Å². The first-order chi connectivity index (χ1) is 6.99. The molecule has 0 bridgehead atoms. The molecule has 0 unspecified atom stereocenters. The molecule has 15 heavy (non-hydrogen) atoms. The Kier molecular flexibility index (Phi) is 4.16. The smallest absolute Gasteiger partial charge is 0.323 e. The molecule has 0 radical (unpaired) electrons. The number of amides is 2. The highest BCUT2D eigenvalue weighted by atomic mass is 35.5. The van der Waals surface area contributed by atoms with E-state index in [9.17, 15) is 4.79 Å². The van der Waals surface area contributed by atoms with Crippen LogP contribution in [-0.4, -0.2) is 22.7 Å². The number of rotatable bonds is 2. The predicted octanol–water partition coefficient (Wildman–Crippen LogP) is 1.38. The van der Waals surface area contributed by atoms with Gasteiger partial charge < -0.3 is 15.5 Å². The van der Waals surface area contributed by atoms with Crippen molar-refractivity contribution < 1.29 is 15.0 Å². The zero-order valence-corrected chi connectivity index (χ0v) is 8.88. The van der Waals surface area contributed by atoms with Crippen LogP contribution < -0.4 is 10.6 Å². The van der Waals surface area contributed by atoms with Crippen molar-refractivity contribution in [1.82, 2.24) is 5.32 Å². The lowest BCUT2D eigenvalue weighted by molar-refractivity contribution is -0.0544. The number of hydrogen-bond acceptors (Lipinski definition) is 3. The number of nitrogens with one attached hydrogen (secondary N) is 2. The monoisotopic (exact) mass is 250 g/mol. The van der Waals surface area contributed by atoms with Crippen molar-refractivity contribution in [3.63, 3.8) is 0 Å². The van der Waals surface area contributed by atoms with Gasteiger partial charge >= 0.3 is 6.03 Å². The third-order valence-electron chi connectivity index (χ3n) is 1.44. The second-order valence-corrected chi connectivity index (χ2v) is 3.42. The van der Waals surface area contributed by atoms with Crippen LogP contribution in [0.15, 0.2) is 18.2 Å². The fourth-order valence-electron chi connectivity index (χ4n) is 0.858. The summed E-state index contributed by atoms with van der Waals surface area (Å²) >= 11 is 11.4. The largest absolute Gasteiger partial charge is 0.351 e. The van der Waals surface area contributed by atoms with Gasteiger partial charge in [0, 0.05) is 5.69 Å². The predicted molar refractivity (Wildman–Crippen MR) is 56.8 cm³/mol. The van der Waals surface area contributed by atoms with Crippen molar-refractivity contribution >= 4 is 34.9 Å². The summed E-state index contributed by atoms with van der Waals surface area (Å²) in [4.78, 5) is 11.0. The number of halogens is 2. The Bertz CT molecular complexity index is 371. The number of aliphatic hydroxyl groups is 2. The van der Waals surface area contributed by atoms with Gasteiger partial charge in [-0.25, -0.2) is 4.79 Å². The third kappa shape index (κ3) is 3.93. The summed E-state index contributed by atoms with van der Waals surface area (Å²) in [6, 6.07) is 3.71. The summed E-state index contributed by atoms with van der Waals surface area (Å²) in [6.45, 7) is 0. The van der Waals surface area contributed by atoms with Crippen molar-refractivity contribution in [2.24, 2.45) is 0 Å². The zero-order chi connectivity index (χ0) is 11.4. The highest BCUT2D eigenvalue weighted by molar-refractivity contribution is 6.42. The van der Waals surface area contributed by atoms with Crippen molar-refractivity contribution in [1.29, 1.82) is 0 Å². The molecular formula is C8H8Cl2N2O3. The molecule has 5 nitrogen and oxygen atoms in total. The van der Waals surface area contributed by atoms with Gasteiger partial charge in [0.1, 0.15) is 0 Å². The summed E-state index contributed by atoms with van der Waals surface area (Å²) in [7, 11) is 0. The summed E-state index contributed by atoms with van der Waals surface area (Å²) in [5.41, 5.74) is 0.391. The molecule has 2 amide bonds. The van der Waals surface area contributed by atoms with Gasteiger partial charge in [0.25, 0.3) is 0 Å². The first kappa shape index (κ1) is 12.1. The van der Waals surface area contributed by atoms with Gasteiger partial charge in [0.15, 0.2) is 0 Å². The zero-order valence-electron chi connectivity index (χ0n) is 7.37. The van der Waals surface area contributed by atoms with Gasteiger partial charge in [0.05, 0.1) is 10.0 Å². The van der Waals surface area contributed by atoms with E-state index in [1.165, 1.54) is 18.2 Å². The van der Waals surface area contributed by atoms with Crippen LogP contribution in [0.1, 0.15) is 0 Å². The molecule has 0 atom stereocenters. The van der Waals surface area contributed by atoms with E-state index in [1.807, 2.05) is 5.32 Å². The topological polar surface area (TPSA) is 81.6 Å². The second kappa shape index (κ2) is 5.18. The Hall–Kier alpha value is -1.01. The van der Waals surface area contributed by atoms with Crippen molar-refractivity contribution in [2.75, 3.05) is 5.32 Å². The van der Waals surface area contributed by atoms with E-state index in [1.54, 1.807) is 0 Å². The molecule has 0 heterocycles. The highest BCUT2D eigenvalue weighted by Crippen LogP contribution is 2.24. The van der Waals surface area contributed by atoms with Crippen LogP contribution in [-0.2, 0) is 0 Å². The molecule has 0 fully saturated rings. The maximum absolute atomic E-state index is 11.0. The van der Waals surface area contributed by atoms with E-state index in [2.05, 4.69) is 5.32 Å². The highest BCUT2D eigenvalue weighted by Gasteiger charge is 2.06. The number of carbonyl (C=O) groups excluding carboxylic acids is 1. The molecule has 4 N–H and O–H groups in total. The summed E-state index contributed by atoms with van der Waals surface area (Å²) in [5.74, 6) is 0. The lowest BCUT2D eigenvalue weighted by Crippen LogP contribution is -2.37. The molecule has 1 aromatic rings. The summed E-state index contributed by atoms with van der Waals surface area (Å²) in [6.07, 6.45) is -1.91. The van der Waals surface area contributed by atoms with E-state index in [0.717, 1.165) is 0 Å². The number of carbonyl (C=O) groups is 1. The molecule has 0 aromatic heterocycles. The van der Waals surface area contributed by atoms with Crippen LogP contribution in [0.5, 0.6) is 0 Å². The minimum Gasteiger partial charge on any atom is -0.351 e. The lowest BCUT2D eigenvalue weighted by Gasteiger charge is -2.08. The van der Waals surface area contributed by atoms with E-state index in [4.69, 9.17) is 33.4 Å². The number of hydrogen-bond donors (Lipinski definition) is 4. The van der Waals surface area contributed by atoms with E-state index >= 15 is 0 Å². The van der Waals surface area contributed by atoms with Gasteiger partial charge in [0.2, 0.25) is 6.41 Å². The minimum absolute atomic E-state index is 0.291. The van der Waals surface area contributed by atoms with Crippen molar-refractivity contribution in [3.05, 3.63) is 28.2 Å². The average Bonchev–Trinajstić information content (AvgIpc) is 2.10. The number of urea groups is 1. The molecule has 0 aliphatic carbocycles. The van der Waals surface area contributed by atoms with Gasteiger partial charge in [-0.15, -0.1) is 0 Å². The molecule has 1 aromatic carbocycles. The minimum atomic E-state index is -1.91. The number of anilines is 1. The molecule has 0 aliphatic heterocycles. The van der Waals surface area contributed by atoms with Gasteiger partial charge in [-0.1, -0.05) is 23.2 Å². The molecule has 0 aliphatic rings. The first-order valence-electron chi connectivity index (χ1n) is 3.88. The molecular weight excluding hydrogens is 243 g/mol. The van der Waals surface area contributed by atoms with Crippen LogP contribution >= 0.6 is 23.2 Å². The first-order valence-corrected chi connectivity index (χ1v) is 4.63. The SMILES string of the molecule is O=C(Nc1ccc(Cl)c(Cl)c1)NC(O)O. The molecule has 0 saturated carbocycles. The molecule has 0 saturated heterocycles. The van der Waals surface area contributed by atoms with Gasteiger partial charge in [-0.05, 0) is 18.2 Å². The van der Waals surface area contributed by atoms with Gasteiger partial charge in [-0.2, -0.15) is 0 Å². The Morgan fingerprint density at radius 1 is 1.27 bits per heavy atom. The Morgan fingerprint density at radius 2 is 1.93 bits per heavy atom. The Labute approximate surface area is 95.6 Å². The van der Waals surface area contributed by atoms with Crippen molar-refractivity contribution in [2.45, 2.75) is 6.41 Å². The summed E-state index contributed by atoms with van der Waals surface area (Å²) < 4.78 is 0. The Morgan fingerprint density at radius 3 is 2.47 bits per heavy atom. The fraction of sp³-hybridized carbons (Fsp3) is 0.125. The molecule has 0 spiro atoms. The third-order valence-corrected chi connectivity index (χ3v) is 2.18. The standard InChI is InChI=1S/C8H8Cl2N2O3/c9-5-2-1-4(3-6(5)10)11-7(13)12-8(14)15/h1-3,8,14-15H,(H2,11,12,13). The van der Waals surface area contributed by atoms with Crippen LogP contribution in [0.25, 0.3) is 0 Å². The maximum Gasteiger partial charge on any atom is 0.323 e. The van der Waals surface area contributed by atoms with E-state index in [-0.39, 0.29) is 0 Å². The summed E-state index contributed by atoms with van der Waals surface area (Å²) in [5, 5.41) is 21.7. The molecule has 82 valence electrons. The van der Waals surface area contributed by atoms with Crippen molar-refractivity contribution in [3.8, 4) is 0 Å². The van der Waals surface area contributed by atoms with Gasteiger partial charge in [-0.3, -0.25) is 5.32 Å². The number of benzene rings is 1. The Balaban J connectivity index is 2.65.